The molecule has 8 heteroatoms. The number of rotatable bonds is 5. The molecule has 0 unspecified atom stereocenters. The van der Waals surface area contributed by atoms with Gasteiger partial charge in [-0.1, -0.05) is 29.8 Å². The van der Waals surface area contributed by atoms with Crippen LogP contribution >= 0.6 is 11.6 Å². The normalized spacial score (nSPS) is 15.9. The fraction of sp³-hybridized carbons (Fsp3) is 0.273. The molecule has 156 valence electrons. The Morgan fingerprint density at radius 3 is 2.53 bits per heavy atom. The van der Waals surface area contributed by atoms with Gasteiger partial charge in [0.2, 0.25) is 10.0 Å². The van der Waals surface area contributed by atoms with E-state index in [1.807, 2.05) is 6.07 Å². The number of benzene rings is 2. The van der Waals surface area contributed by atoms with Gasteiger partial charge in [-0.3, -0.25) is 4.79 Å². The predicted octanol–water partition coefficient (Wildman–Crippen LogP) is 3.72. The molecule has 1 saturated heterocycles. The van der Waals surface area contributed by atoms with Crippen molar-refractivity contribution in [1.29, 1.82) is 0 Å². The number of aromatic nitrogens is 1. The van der Waals surface area contributed by atoms with Crippen molar-refractivity contribution in [3.63, 3.8) is 0 Å². The third kappa shape index (κ3) is 4.48. The molecular weight excluding hydrogens is 422 g/mol. The number of pyridine rings is 1. The minimum Gasteiger partial charge on any atom is -0.352 e. The predicted molar refractivity (Wildman–Crippen MR) is 117 cm³/mol. The highest BCUT2D eigenvalue weighted by Gasteiger charge is 2.29. The first-order chi connectivity index (χ1) is 14.4. The van der Waals surface area contributed by atoms with Crippen molar-refractivity contribution >= 4 is 38.4 Å². The van der Waals surface area contributed by atoms with E-state index in [2.05, 4.69) is 10.3 Å². The van der Waals surface area contributed by atoms with E-state index in [1.165, 1.54) is 4.31 Å². The summed E-state index contributed by atoms with van der Waals surface area (Å²) in [5.41, 5.74) is 1.31. The van der Waals surface area contributed by atoms with Gasteiger partial charge in [-0.25, -0.2) is 13.4 Å². The molecule has 0 saturated carbocycles. The first-order valence-corrected chi connectivity index (χ1v) is 11.6. The molecule has 2 aromatic carbocycles. The average molecular weight is 444 g/mol. The molecule has 3 aromatic rings. The number of nitrogens with one attached hydrogen (secondary N) is 1. The molecule has 0 radical (unpaired) electrons. The summed E-state index contributed by atoms with van der Waals surface area (Å²) in [5, 5.41) is 4.25. The molecule has 1 aliphatic rings. The summed E-state index contributed by atoms with van der Waals surface area (Å²) in [6, 6.07) is 17.3. The van der Waals surface area contributed by atoms with Crippen molar-refractivity contribution in [2.75, 3.05) is 19.6 Å². The Labute approximate surface area is 180 Å². The Balaban J connectivity index is 1.32. The van der Waals surface area contributed by atoms with Crippen molar-refractivity contribution in [2.24, 2.45) is 5.92 Å². The highest BCUT2D eigenvalue weighted by atomic mass is 35.5. The molecule has 4 rings (SSSR count). The van der Waals surface area contributed by atoms with Gasteiger partial charge in [0.05, 0.1) is 10.4 Å². The van der Waals surface area contributed by atoms with Gasteiger partial charge in [0.1, 0.15) is 5.15 Å². The van der Waals surface area contributed by atoms with E-state index < -0.39 is 10.0 Å². The lowest BCUT2D eigenvalue weighted by Crippen LogP contribution is -2.41. The van der Waals surface area contributed by atoms with E-state index in [4.69, 9.17) is 11.6 Å². The van der Waals surface area contributed by atoms with Gasteiger partial charge < -0.3 is 5.32 Å². The van der Waals surface area contributed by atoms with E-state index in [0.29, 0.717) is 48.1 Å². The molecule has 30 heavy (non-hydrogen) atoms. The van der Waals surface area contributed by atoms with Crippen molar-refractivity contribution in [3.8, 4) is 0 Å². The molecule has 1 N–H and O–H groups in total. The Hall–Kier alpha value is -2.48. The quantitative estimate of drug-likeness (QED) is 0.609. The summed E-state index contributed by atoms with van der Waals surface area (Å²) in [7, 11) is -3.45. The summed E-state index contributed by atoms with van der Waals surface area (Å²) in [5.74, 6) is 0.100. The number of nitrogens with zero attached hydrogens (tertiary/aromatic N) is 2. The summed E-state index contributed by atoms with van der Waals surface area (Å²) >= 11 is 5.90. The number of hydrogen-bond donors (Lipinski definition) is 1. The lowest BCUT2D eigenvalue weighted by molar-refractivity contribution is 0.0941. The maximum absolute atomic E-state index is 12.7. The first kappa shape index (κ1) is 20.8. The van der Waals surface area contributed by atoms with Crippen LogP contribution in [0.3, 0.4) is 0 Å². The second-order valence-corrected chi connectivity index (χ2v) is 9.74. The number of hydrogen-bond acceptors (Lipinski definition) is 4. The largest absolute Gasteiger partial charge is 0.352 e. The van der Waals surface area contributed by atoms with E-state index in [1.54, 1.807) is 54.6 Å². The minimum absolute atomic E-state index is 0.147. The average Bonchev–Trinajstić information content (AvgIpc) is 2.78. The first-order valence-electron chi connectivity index (χ1n) is 9.83. The Bertz CT molecular complexity index is 1160. The highest BCUT2D eigenvalue weighted by Crippen LogP contribution is 2.23. The number of piperidine rings is 1. The van der Waals surface area contributed by atoms with Crippen LogP contribution < -0.4 is 5.32 Å². The second kappa shape index (κ2) is 8.71. The maximum atomic E-state index is 12.7. The summed E-state index contributed by atoms with van der Waals surface area (Å²) in [4.78, 5) is 17.1. The molecule has 0 atom stereocenters. The van der Waals surface area contributed by atoms with Crippen LogP contribution in [0.2, 0.25) is 5.15 Å². The van der Waals surface area contributed by atoms with E-state index in [-0.39, 0.29) is 11.8 Å². The summed E-state index contributed by atoms with van der Waals surface area (Å²) < 4.78 is 27.0. The third-order valence-electron chi connectivity index (χ3n) is 5.42. The number of halogens is 1. The van der Waals surface area contributed by atoms with Crippen LogP contribution in [-0.4, -0.2) is 43.2 Å². The van der Waals surface area contributed by atoms with E-state index >= 15 is 0 Å². The molecule has 2 heterocycles. The van der Waals surface area contributed by atoms with Gasteiger partial charge in [0.15, 0.2) is 0 Å². The van der Waals surface area contributed by atoms with Gasteiger partial charge in [0, 0.05) is 30.6 Å². The van der Waals surface area contributed by atoms with Gasteiger partial charge in [0.25, 0.3) is 5.91 Å². The molecule has 1 aliphatic heterocycles. The van der Waals surface area contributed by atoms with Gasteiger partial charge >= 0.3 is 0 Å². The molecule has 1 aromatic heterocycles. The topological polar surface area (TPSA) is 79.4 Å². The fourth-order valence-corrected chi connectivity index (χ4v) is 5.32. The monoisotopic (exact) mass is 443 g/mol. The van der Waals surface area contributed by atoms with Crippen LogP contribution in [0.5, 0.6) is 0 Å². The van der Waals surface area contributed by atoms with Crippen molar-refractivity contribution in [2.45, 2.75) is 17.7 Å². The standard InChI is InChI=1S/C22H22ClN3O3S/c23-21-9-7-17-14-18(6-8-20(17)25-21)22(27)24-15-16-10-12-26(13-11-16)30(28,29)19-4-2-1-3-5-19/h1-9,14,16H,10-13,15H2,(H,24,27). The number of fused-ring (bicyclic) bond motifs is 1. The smallest absolute Gasteiger partial charge is 0.251 e. The molecule has 1 amide bonds. The van der Waals surface area contributed by atoms with Crippen molar-refractivity contribution < 1.29 is 13.2 Å². The fourth-order valence-electron chi connectivity index (χ4n) is 3.68. The van der Waals surface area contributed by atoms with Crippen LogP contribution in [0.4, 0.5) is 0 Å². The van der Waals surface area contributed by atoms with E-state index in [0.717, 1.165) is 10.9 Å². The van der Waals surface area contributed by atoms with Gasteiger partial charge in [-0.15, -0.1) is 0 Å². The lowest BCUT2D eigenvalue weighted by Gasteiger charge is -2.31. The van der Waals surface area contributed by atoms with Crippen LogP contribution in [-0.2, 0) is 10.0 Å². The molecule has 6 nitrogen and oxygen atoms in total. The summed E-state index contributed by atoms with van der Waals surface area (Å²) in [6.45, 7) is 1.44. The molecule has 1 fully saturated rings. The number of carbonyl (C=O) groups excluding carboxylic acids is 1. The third-order valence-corrected chi connectivity index (χ3v) is 7.55. The number of amides is 1. The summed E-state index contributed by atoms with van der Waals surface area (Å²) in [6.07, 6.45) is 1.43. The lowest BCUT2D eigenvalue weighted by atomic mass is 9.98. The van der Waals surface area contributed by atoms with Crippen LogP contribution in [0.25, 0.3) is 10.9 Å². The Morgan fingerprint density at radius 1 is 1.07 bits per heavy atom. The second-order valence-electron chi connectivity index (χ2n) is 7.41. The van der Waals surface area contributed by atoms with Gasteiger partial charge in [-0.05, 0) is 61.2 Å². The van der Waals surface area contributed by atoms with Crippen molar-refractivity contribution in [3.05, 3.63) is 71.4 Å². The Kier molecular flexibility index (Phi) is 6.04. The molecule has 0 aliphatic carbocycles. The minimum atomic E-state index is -3.45. The van der Waals surface area contributed by atoms with Crippen LogP contribution in [0.1, 0.15) is 23.2 Å². The van der Waals surface area contributed by atoms with Gasteiger partial charge in [-0.2, -0.15) is 4.31 Å². The Morgan fingerprint density at radius 2 is 1.80 bits per heavy atom. The number of sulfonamides is 1. The molecule has 0 bridgehead atoms. The molecule has 0 spiro atoms. The maximum Gasteiger partial charge on any atom is 0.251 e. The van der Waals surface area contributed by atoms with Crippen LogP contribution in [0.15, 0.2) is 65.6 Å². The van der Waals surface area contributed by atoms with Crippen LogP contribution in [0, 0.1) is 5.92 Å². The SMILES string of the molecule is O=C(NCC1CCN(S(=O)(=O)c2ccccc2)CC1)c1ccc2nc(Cl)ccc2c1. The highest BCUT2D eigenvalue weighted by molar-refractivity contribution is 7.89. The number of carbonyl (C=O) groups is 1. The molecular formula is C22H22ClN3O3S. The van der Waals surface area contributed by atoms with E-state index in [9.17, 15) is 13.2 Å². The zero-order chi connectivity index (χ0) is 21.1. The van der Waals surface area contributed by atoms with Crippen molar-refractivity contribution in [1.82, 2.24) is 14.6 Å². The zero-order valence-corrected chi connectivity index (χ0v) is 17.9. The zero-order valence-electron chi connectivity index (χ0n) is 16.3.